The molecule has 0 aromatic carbocycles. The van der Waals surface area contributed by atoms with Crippen molar-refractivity contribution >= 4 is 5.97 Å². The van der Waals surface area contributed by atoms with Crippen LogP contribution < -0.4 is 0 Å². The van der Waals surface area contributed by atoms with Gasteiger partial charge in [0, 0.05) is 6.92 Å². The van der Waals surface area contributed by atoms with Gasteiger partial charge in [-0.2, -0.15) is 0 Å². The van der Waals surface area contributed by atoms with Gasteiger partial charge in [0.1, 0.15) is 6.10 Å². The number of fused-ring (bicyclic) bond motifs is 5. The lowest BCUT2D eigenvalue weighted by Crippen LogP contribution is -2.56. The number of hydrogen-bond acceptors (Lipinski definition) is 5. The maximum atomic E-state index is 11.7. The highest BCUT2D eigenvalue weighted by molar-refractivity contribution is 5.66. The molecule has 196 valence electrons. The molecule has 35 heavy (non-hydrogen) atoms. The largest absolute Gasteiger partial charge is 0.457 e. The summed E-state index contributed by atoms with van der Waals surface area (Å²) in [5.74, 6) is 2.48. The normalized spacial score (nSPS) is 51.4. The summed E-state index contributed by atoms with van der Waals surface area (Å²) in [6, 6.07) is 0. The predicted octanol–water partition coefficient (Wildman–Crippen LogP) is 5.20. The summed E-state index contributed by atoms with van der Waals surface area (Å²) in [7, 11) is 0. The average molecular weight is 487 g/mol. The van der Waals surface area contributed by atoms with E-state index in [-0.39, 0.29) is 23.5 Å². The van der Waals surface area contributed by atoms with Crippen LogP contribution in [0.4, 0.5) is 0 Å². The van der Waals surface area contributed by atoms with Crippen LogP contribution >= 0.6 is 0 Å². The van der Waals surface area contributed by atoms with E-state index in [0.717, 1.165) is 37.0 Å². The van der Waals surface area contributed by atoms with Gasteiger partial charge in [-0.05, 0) is 98.2 Å². The quantitative estimate of drug-likeness (QED) is 0.422. The summed E-state index contributed by atoms with van der Waals surface area (Å²) in [5, 5.41) is 21.0. The molecule has 0 heterocycles. The maximum Gasteiger partial charge on any atom is 0.303 e. The molecule has 0 spiro atoms. The number of aliphatic hydroxyl groups excluding tert-OH is 2. The second-order valence-electron chi connectivity index (χ2n) is 13.0. The Morgan fingerprint density at radius 2 is 1.89 bits per heavy atom. The highest BCUT2D eigenvalue weighted by Gasteiger charge is 2.58. The number of allylic oxidation sites excluding steroid dienone is 2. The van der Waals surface area contributed by atoms with Gasteiger partial charge in [-0.25, -0.2) is 0 Å². The van der Waals surface area contributed by atoms with Gasteiger partial charge in [-0.3, -0.25) is 4.79 Å². The SMILES string of the molecule is C=C[C@@H]1CC[C@H]2[C@@H]3CC=C4C[C@@H](O[C@@H]5C[C@@H](C)[C@@H](O)[C@@H](O)[C@@H]5OC(C)=O)CC[C@]4(C)[C@H]3CC[C@]12C. The van der Waals surface area contributed by atoms with Gasteiger partial charge >= 0.3 is 5.97 Å². The van der Waals surface area contributed by atoms with Crippen LogP contribution in [0.2, 0.25) is 0 Å². The van der Waals surface area contributed by atoms with Gasteiger partial charge in [0.05, 0.1) is 18.3 Å². The maximum absolute atomic E-state index is 11.7. The van der Waals surface area contributed by atoms with E-state index < -0.39 is 24.3 Å². The summed E-state index contributed by atoms with van der Waals surface area (Å²) in [6.07, 6.45) is 11.8. The first-order valence-corrected chi connectivity index (χ1v) is 14.1. The topological polar surface area (TPSA) is 76.0 Å². The molecule has 5 nitrogen and oxygen atoms in total. The van der Waals surface area contributed by atoms with Crippen molar-refractivity contribution in [1.29, 1.82) is 0 Å². The van der Waals surface area contributed by atoms with Crippen molar-refractivity contribution in [3.63, 3.8) is 0 Å². The van der Waals surface area contributed by atoms with Gasteiger partial charge in [0.25, 0.3) is 0 Å². The number of carbonyl (C=O) groups is 1. The lowest BCUT2D eigenvalue weighted by Gasteiger charge is -2.58. The summed E-state index contributed by atoms with van der Waals surface area (Å²) >= 11 is 0. The smallest absolute Gasteiger partial charge is 0.303 e. The number of aliphatic hydroxyl groups is 2. The summed E-state index contributed by atoms with van der Waals surface area (Å²) in [5.41, 5.74) is 2.24. The van der Waals surface area contributed by atoms with E-state index in [2.05, 4.69) is 32.6 Å². The van der Waals surface area contributed by atoms with Crippen molar-refractivity contribution in [2.75, 3.05) is 0 Å². The van der Waals surface area contributed by atoms with Gasteiger partial charge in [-0.1, -0.05) is 38.5 Å². The molecular weight excluding hydrogens is 440 g/mol. The first-order valence-electron chi connectivity index (χ1n) is 14.1. The van der Waals surface area contributed by atoms with Crippen molar-refractivity contribution < 1.29 is 24.5 Å². The lowest BCUT2D eigenvalue weighted by molar-refractivity contribution is -0.206. The van der Waals surface area contributed by atoms with Crippen LogP contribution in [-0.4, -0.2) is 46.7 Å². The highest BCUT2D eigenvalue weighted by atomic mass is 16.6. The second kappa shape index (κ2) is 9.29. The molecule has 5 aliphatic rings. The monoisotopic (exact) mass is 486 g/mol. The van der Waals surface area contributed by atoms with E-state index in [1.54, 1.807) is 5.57 Å². The fourth-order valence-electron chi connectivity index (χ4n) is 9.28. The Bertz CT molecular complexity index is 867. The molecule has 0 saturated heterocycles. The molecule has 5 heteroatoms. The van der Waals surface area contributed by atoms with Crippen LogP contribution in [0, 0.1) is 40.4 Å². The van der Waals surface area contributed by atoms with E-state index in [4.69, 9.17) is 9.47 Å². The van der Waals surface area contributed by atoms with Crippen LogP contribution in [0.1, 0.15) is 85.5 Å². The summed E-state index contributed by atoms with van der Waals surface area (Å²) in [4.78, 5) is 11.7. The van der Waals surface area contributed by atoms with Crippen molar-refractivity contribution in [2.45, 2.75) is 116 Å². The van der Waals surface area contributed by atoms with Crippen molar-refractivity contribution in [3.8, 4) is 0 Å². The Labute approximate surface area is 211 Å². The summed E-state index contributed by atoms with van der Waals surface area (Å²) in [6.45, 7) is 12.5. The molecule has 0 radical (unpaired) electrons. The minimum atomic E-state index is -1.11. The number of hydrogen-bond donors (Lipinski definition) is 2. The van der Waals surface area contributed by atoms with Crippen molar-refractivity contribution in [2.24, 2.45) is 40.4 Å². The molecule has 0 aliphatic heterocycles. The van der Waals surface area contributed by atoms with E-state index in [1.807, 2.05) is 6.92 Å². The van der Waals surface area contributed by atoms with Gasteiger partial charge < -0.3 is 19.7 Å². The fraction of sp³-hybridized carbons (Fsp3) is 0.833. The molecule has 0 aromatic rings. The Balaban J connectivity index is 1.30. The van der Waals surface area contributed by atoms with E-state index in [0.29, 0.717) is 17.8 Å². The molecule has 0 bridgehead atoms. The minimum Gasteiger partial charge on any atom is -0.457 e. The van der Waals surface area contributed by atoms with Crippen LogP contribution in [0.15, 0.2) is 24.3 Å². The van der Waals surface area contributed by atoms with E-state index >= 15 is 0 Å². The molecule has 0 amide bonds. The zero-order valence-corrected chi connectivity index (χ0v) is 22.1. The highest BCUT2D eigenvalue weighted by Crippen LogP contribution is 2.66. The standard InChI is InChI=1S/C30H46O5/c1-6-19-8-10-23-22-9-7-20-16-21(11-13-30(20,5)24(22)12-14-29(19,23)4)35-25-15-17(2)26(32)27(33)28(25)34-18(3)31/h6-7,17,19,21-28,32-33H,1,8-16H2,2-5H3/t17-,19-,21+,22+,23+,24+,25-,26-,27-,28-,29-,30+/m1/s1. The lowest BCUT2D eigenvalue weighted by atomic mass is 9.47. The third-order valence-corrected chi connectivity index (χ3v) is 11.3. The average Bonchev–Trinajstić information content (AvgIpc) is 3.16. The van der Waals surface area contributed by atoms with Crippen LogP contribution in [0.5, 0.6) is 0 Å². The molecule has 4 fully saturated rings. The molecule has 5 aliphatic carbocycles. The number of carbonyl (C=O) groups excluding carboxylic acids is 1. The summed E-state index contributed by atoms with van der Waals surface area (Å²) < 4.78 is 12.0. The van der Waals surface area contributed by atoms with E-state index in [1.165, 1.54) is 39.0 Å². The van der Waals surface area contributed by atoms with Crippen LogP contribution in [0.3, 0.4) is 0 Å². The first kappa shape index (κ1) is 25.5. The third kappa shape index (κ3) is 4.14. The third-order valence-electron chi connectivity index (χ3n) is 11.3. The fourth-order valence-corrected chi connectivity index (χ4v) is 9.28. The molecular formula is C30H46O5. The number of esters is 1. The van der Waals surface area contributed by atoms with Crippen LogP contribution in [-0.2, 0) is 14.3 Å². The zero-order chi connectivity index (χ0) is 25.1. The molecule has 2 N–H and O–H groups in total. The Kier molecular flexibility index (Phi) is 6.76. The van der Waals surface area contributed by atoms with Gasteiger partial charge in [0.2, 0.25) is 0 Å². The first-order chi connectivity index (χ1) is 16.6. The molecule has 0 aromatic heterocycles. The second-order valence-corrected chi connectivity index (χ2v) is 13.0. The zero-order valence-electron chi connectivity index (χ0n) is 22.1. The number of ether oxygens (including phenoxy) is 2. The molecule has 4 saturated carbocycles. The van der Waals surface area contributed by atoms with Crippen LogP contribution in [0.25, 0.3) is 0 Å². The van der Waals surface area contributed by atoms with Crippen molar-refractivity contribution in [1.82, 2.24) is 0 Å². The van der Waals surface area contributed by atoms with Gasteiger partial charge in [-0.15, -0.1) is 6.58 Å². The van der Waals surface area contributed by atoms with Crippen molar-refractivity contribution in [3.05, 3.63) is 24.3 Å². The van der Waals surface area contributed by atoms with E-state index in [9.17, 15) is 15.0 Å². The van der Waals surface area contributed by atoms with Gasteiger partial charge in [0.15, 0.2) is 6.10 Å². The predicted molar refractivity (Wildman–Crippen MR) is 135 cm³/mol. The number of rotatable bonds is 4. The Morgan fingerprint density at radius 3 is 2.60 bits per heavy atom. The Morgan fingerprint density at radius 1 is 1.11 bits per heavy atom. The minimum absolute atomic E-state index is 0.0639. The molecule has 12 atom stereocenters. The Hall–Kier alpha value is -1.17. The molecule has 5 rings (SSSR count). The molecule has 0 unspecified atom stereocenters.